The molecule has 1 atom stereocenters. The molecule has 1 aliphatic rings. The Kier molecular flexibility index (Phi) is 4.76. The fraction of sp³-hybridized carbons (Fsp3) is 0.333. The van der Waals surface area contributed by atoms with E-state index < -0.39 is 0 Å². The molecule has 120 valence electrons. The number of hydrogen-bond acceptors (Lipinski definition) is 3. The van der Waals surface area contributed by atoms with Gasteiger partial charge in [-0.2, -0.15) is 0 Å². The summed E-state index contributed by atoms with van der Waals surface area (Å²) < 4.78 is 0. The number of benzene rings is 1. The van der Waals surface area contributed by atoms with Gasteiger partial charge < -0.3 is 10.2 Å². The summed E-state index contributed by atoms with van der Waals surface area (Å²) >= 11 is 1.63. The maximum absolute atomic E-state index is 12.5. The Hall–Kier alpha value is -2.14. The lowest BCUT2D eigenvalue weighted by Crippen LogP contribution is -2.43. The van der Waals surface area contributed by atoms with Gasteiger partial charge in [-0.25, -0.2) is 9.78 Å². The van der Waals surface area contributed by atoms with Crippen LogP contribution in [0.1, 0.15) is 34.8 Å². The van der Waals surface area contributed by atoms with E-state index >= 15 is 0 Å². The summed E-state index contributed by atoms with van der Waals surface area (Å²) in [5.74, 6) is 0. The van der Waals surface area contributed by atoms with Crippen molar-refractivity contribution in [3.8, 4) is 0 Å². The monoisotopic (exact) mass is 327 g/mol. The number of amides is 2. The molecule has 5 heteroatoms. The van der Waals surface area contributed by atoms with E-state index in [-0.39, 0.29) is 12.1 Å². The number of nitrogens with zero attached hydrogens (tertiary/aromatic N) is 2. The van der Waals surface area contributed by atoms with Crippen molar-refractivity contribution in [2.45, 2.75) is 26.3 Å². The minimum atomic E-state index is -0.0627. The minimum Gasteiger partial charge on any atom is -0.329 e. The van der Waals surface area contributed by atoms with Crippen LogP contribution in [0.5, 0.6) is 0 Å². The molecule has 2 heterocycles. The van der Waals surface area contributed by atoms with Gasteiger partial charge in [0.25, 0.3) is 0 Å². The summed E-state index contributed by atoms with van der Waals surface area (Å²) in [6, 6.07) is 10.2. The van der Waals surface area contributed by atoms with Gasteiger partial charge in [0.05, 0.1) is 6.04 Å². The topological polar surface area (TPSA) is 45.2 Å². The molecule has 0 radical (unpaired) electrons. The number of carbonyl (C=O) groups is 1. The normalized spacial score (nSPS) is 15.9. The Labute approximate surface area is 140 Å². The first kappa shape index (κ1) is 15.7. The van der Waals surface area contributed by atoms with E-state index in [2.05, 4.69) is 28.5 Å². The smallest absolute Gasteiger partial charge is 0.318 e. The van der Waals surface area contributed by atoms with Crippen molar-refractivity contribution >= 4 is 22.9 Å². The molecule has 1 aromatic heterocycles. The Morgan fingerprint density at radius 1 is 1.35 bits per heavy atom. The van der Waals surface area contributed by atoms with Crippen molar-refractivity contribution in [2.75, 3.05) is 13.1 Å². The third-order valence-electron chi connectivity index (χ3n) is 3.93. The van der Waals surface area contributed by atoms with Gasteiger partial charge in [0.1, 0.15) is 5.01 Å². The van der Waals surface area contributed by atoms with Crippen molar-refractivity contribution in [3.63, 3.8) is 0 Å². The molecule has 0 aliphatic carbocycles. The summed E-state index contributed by atoms with van der Waals surface area (Å²) in [7, 11) is 0. The van der Waals surface area contributed by atoms with E-state index in [1.165, 1.54) is 11.1 Å². The number of carbonyl (C=O) groups excluding carboxylic acids is 1. The predicted octanol–water partition coefficient (Wildman–Crippen LogP) is 4.01. The van der Waals surface area contributed by atoms with E-state index in [0.717, 1.165) is 22.9 Å². The first-order chi connectivity index (χ1) is 11.1. The second-order valence-electron chi connectivity index (χ2n) is 5.79. The van der Waals surface area contributed by atoms with Crippen LogP contribution in [-0.4, -0.2) is 29.0 Å². The average molecular weight is 327 g/mol. The molecule has 0 bridgehead atoms. The van der Waals surface area contributed by atoms with E-state index in [9.17, 15) is 4.79 Å². The molecule has 1 unspecified atom stereocenters. The van der Waals surface area contributed by atoms with Gasteiger partial charge in [-0.05, 0) is 31.4 Å². The lowest BCUT2D eigenvalue weighted by molar-refractivity contribution is 0.200. The Morgan fingerprint density at radius 3 is 2.83 bits per heavy atom. The van der Waals surface area contributed by atoms with Gasteiger partial charge in [0, 0.05) is 24.2 Å². The van der Waals surface area contributed by atoms with E-state index in [4.69, 9.17) is 0 Å². The Morgan fingerprint density at radius 2 is 2.13 bits per heavy atom. The molecule has 23 heavy (non-hydrogen) atoms. The lowest BCUT2D eigenvalue weighted by atomic mass is 10.0. The number of thiazole rings is 1. The van der Waals surface area contributed by atoms with Crippen molar-refractivity contribution in [3.05, 3.63) is 58.1 Å². The fourth-order valence-electron chi connectivity index (χ4n) is 2.69. The molecule has 3 rings (SSSR count). The van der Waals surface area contributed by atoms with Crippen molar-refractivity contribution in [2.24, 2.45) is 0 Å². The highest BCUT2D eigenvalue weighted by Crippen LogP contribution is 2.22. The summed E-state index contributed by atoms with van der Waals surface area (Å²) in [4.78, 5) is 19.9. The zero-order valence-electron chi connectivity index (χ0n) is 13.5. The maximum Gasteiger partial charge on any atom is 0.318 e. The second-order valence-corrected chi connectivity index (χ2v) is 7.05. The van der Waals surface area contributed by atoms with Crippen LogP contribution in [0.25, 0.3) is 5.57 Å². The zero-order valence-corrected chi connectivity index (χ0v) is 14.3. The number of urea groups is 1. The summed E-state index contributed by atoms with van der Waals surface area (Å²) in [5.41, 5.74) is 2.40. The number of hydrogen-bond donors (Lipinski definition) is 1. The van der Waals surface area contributed by atoms with Crippen molar-refractivity contribution in [1.29, 1.82) is 0 Å². The lowest BCUT2D eigenvalue weighted by Gasteiger charge is -2.29. The Bertz CT molecular complexity index is 708. The molecule has 1 aromatic carbocycles. The van der Waals surface area contributed by atoms with E-state index in [1.807, 2.05) is 43.1 Å². The van der Waals surface area contributed by atoms with Gasteiger partial charge in [-0.1, -0.05) is 36.4 Å². The quantitative estimate of drug-likeness (QED) is 0.926. The first-order valence-electron chi connectivity index (χ1n) is 7.85. The first-order valence-corrected chi connectivity index (χ1v) is 8.67. The van der Waals surface area contributed by atoms with Crippen LogP contribution >= 0.6 is 11.3 Å². The van der Waals surface area contributed by atoms with Gasteiger partial charge in [0.2, 0.25) is 0 Å². The molecular weight excluding hydrogens is 306 g/mol. The third-order valence-corrected chi connectivity index (χ3v) is 5.03. The molecule has 2 amide bonds. The summed E-state index contributed by atoms with van der Waals surface area (Å²) in [6.45, 7) is 5.41. The highest BCUT2D eigenvalue weighted by atomic mass is 32.1. The van der Waals surface area contributed by atoms with E-state index in [1.54, 1.807) is 11.3 Å². The molecule has 1 N–H and O–H groups in total. The highest BCUT2D eigenvalue weighted by molar-refractivity contribution is 7.11. The van der Waals surface area contributed by atoms with Crippen molar-refractivity contribution in [1.82, 2.24) is 15.2 Å². The van der Waals surface area contributed by atoms with Crippen LogP contribution < -0.4 is 5.32 Å². The summed E-state index contributed by atoms with van der Waals surface area (Å²) in [6.07, 6.45) is 4.97. The van der Waals surface area contributed by atoms with Crippen LogP contribution in [0.4, 0.5) is 4.79 Å². The minimum absolute atomic E-state index is 0.0214. The third kappa shape index (κ3) is 3.79. The zero-order chi connectivity index (χ0) is 16.2. The van der Waals surface area contributed by atoms with Gasteiger partial charge in [-0.15, -0.1) is 11.3 Å². The highest BCUT2D eigenvalue weighted by Gasteiger charge is 2.21. The number of aryl methyl sites for hydroxylation is 1. The maximum atomic E-state index is 12.5. The van der Waals surface area contributed by atoms with Gasteiger partial charge in [0.15, 0.2) is 0 Å². The number of aromatic nitrogens is 1. The molecule has 1 aliphatic heterocycles. The number of rotatable bonds is 3. The van der Waals surface area contributed by atoms with Gasteiger partial charge >= 0.3 is 6.03 Å². The fourth-order valence-corrected chi connectivity index (χ4v) is 3.47. The summed E-state index contributed by atoms with van der Waals surface area (Å²) in [5, 5.41) is 4.01. The molecule has 0 saturated carbocycles. The van der Waals surface area contributed by atoms with E-state index in [0.29, 0.717) is 6.54 Å². The molecule has 0 saturated heterocycles. The van der Waals surface area contributed by atoms with Crippen LogP contribution in [-0.2, 0) is 0 Å². The standard InChI is InChI=1S/C18H21N3OS/c1-13-11-19-17(23-13)14(2)20-18(22)21-10-6-9-16(12-21)15-7-4-3-5-8-15/h3-5,7-9,11,14H,6,10,12H2,1-2H3,(H,20,22). The predicted molar refractivity (Wildman–Crippen MR) is 94.4 cm³/mol. The average Bonchev–Trinajstić information content (AvgIpc) is 3.02. The van der Waals surface area contributed by atoms with Crippen LogP contribution in [0.2, 0.25) is 0 Å². The van der Waals surface area contributed by atoms with Gasteiger partial charge in [-0.3, -0.25) is 0 Å². The molecule has 0 fully saturated rings. The molecule has 0 spiro atoms. The molecule has 2 aromatic rings. The second kappa shape index (κ2) is 6.96. The number of nitrogens with one attached hydrogen (secondary N) is 1. The van der Waals surface area contributed by atoms with Crippen molar-refractivity contribution < 1.29 is 4.79 Å². The SMILES string of the molecule is Cc1cnc(C(C)NC(=O)N2CCC=C(c3ccccc3)C2)s1. The van der Waals surface area contributed by atoms with Crippen LogP contribution in [0.3, 0.4) is 0 Å². The van der Waals surface area contributed by atoms with Crippen LogP contribution in [0, 0.1) is 6.92 Å². The molecule has 4 nitrogen and oxygen atoms in total. The van der Waals surface area contributed by atoms with Crippen LogP contribution in [0.15, 0.2) is 42.6 Å². The molecular formula is C18H21N3OS. The Balaban J connectivity index is 1.63. The largest absolute Gasteiger partial charge is 0.329 e.